The average molecular weight is 452 g/mol. The van der Waals surface area contributed by atoms with Gasteiger partial charge in [0.05, 0.1) is 17.5 Å². The average Bonchev–Trinajstić information content (AvgIpc) is 3.13. The normalized spacial score (nSPS) is 25.2. The second-order valence-corrected chi connectivity index (χ2v) is 10.9. The predicted octanol–water partition coefficient (Wildman–Crippen LogP) is 2.49. The van der Waals surface area contributed by atoms with Crippen molar-refractivity contribution in [3.8, 4) is 0 Å². The van der Waals surface area contributed by atoms with E-state index in [2.05, 4.69) is 26.9 Å². The monoisotopic (exact) mass is 451 g/mol. The molecule has 2 fully saturated rings. The number of hydrogen-bond acceptors (Lipinski definition) is 7. The number of hydrogen-bond donors (Lipinski definition) is 1. The van der Waals surface area contributed by atoms with Crippen molar-refractivity contribution in [2.24, 2.45) is 10.9 Å². The standard InChI is InChI=1S/C20H29N5O3S2/c1-4-5-6-17(21-3)13-25-12-16-7-9-24(10-8-19(16)30(25,27)28)14-18-11-22-20(29-18)23-15(2)26/h4-6,11,16,19H,3,7-10,12-14H2,1-2H3,(H,22,23,26)/b5-4-,17-6-. The number of nitrogens with one attached hydrogen (secondary N) is 1. The topological polar surface area (TPSA) is 95.0 Å². The number of aromatic nitrogens is 1. The van der Waals surface area contributed by atoms with E-state index in [1.165, 1.54) is 18.3 Å². The van der Waals surface area contributed by atoms with Gasteiger partial charge in [0.15, 0.2) is 5.13 Å². The SMILES string of the molecule is C=N/C(=C\C=C/C)CN1CC2CCN(Cc3cnc(NC(C)=O)s3)CCC2S1(=O)=O. The molecule has 0 aromatic carbocycles. The highest BCUT2D eigenvalue weighted by Gasteiger charge is 2.46. The second kappa shape index (κ2) is 9.95. The van der Waals surface area contributed by atoms with Gasteiger partial charge in [-0.05, 0) is 51.6 Å². The molecular formula is C20H29N5O3S2. The third kappa shape index (κ3) is 5.42. The van der Waals surface area contributed by atoms with Crippen LogP contribution < -0.4 is 5.32 Å². The molecule has 2 aliphatic rings. The predicted molar refractivity (Wildman–Crippen MR) is 121 cm³/mol. The van der Waals surface area contributed by atoms with E-state index < -0.39 is 10.0 Å². The Morgan fingerprint density at radius 3 is 2.90 bits per heavy atom. The summed E-state index contributed by atoms with van der Waals surface area (Å²) in [6, 6.07) is 0. The third-order valence-electron chi connectivity index (χ3n) is 5.49. The van der Waals surface area contributed by atoms with Crippen molar-refractivity contribution in [3.05, 3.63) is 35.0 Å². The molecule has 0 radical (unpaired) electrons. The second-order valence-electron chi connectivity index (χ2n) is 7.64. The maximum atomic E-state index is 13.1. The zero-order chi connectivity index (χ0) is 21.7. The molecule has 3 rings (SSSR count). The summed E-state index contributed by atoms with van der Waals surface area (Å²) in [5, 5.41) is 2.96. The fourth-order valence-electron chi connectivity index (χ4n) is 4.01. The first-order valence-corrected chi connectivity index (χ1v) is 12.4. The van der Waals surface area contributed by atoms with Crippen molar-refractivity contribution in [2.75, 3.05) is 31.5 Å². The van der Waals surface area contributed by atoms with Crippen molar-refractivity contribution in [1.29, 1.82) is 0 Å². The smallest absolute Gasteiger partial charge is 0.223 e. The van der Waals surface area contributed by atoms with E-state index in [-0.39, 0.29) is 23.6 Å². The summed E-state index contributed by atoms with van der Waals surface area (Å²) in [6.07, 6.45) is 8.77. The summed E-state index contributed by atoms with van der Waals surface area (Å²) in [7, 11) is -3.35. The van der Waals surface area contributed by atoms with E-state index in [1.807, 2.05) is 25.2 Å². The first-order valence-electron chi connectivity index (χ1n) is 10.1. The van der Waals surface area contributed by atoms with Crippen LogP contribution in [0.3, 0.4) is 0 Å². The number of aliphatic imine (C=N–C) groups is 1. The Morgan fingerprint density at radius 1 is 1.43 bits per heavy atom. The molecule has 30 heavy (non-hydrogen) atoms. The number of thiazole rings is 1. The number of likely N-dealkylation sites (tertiary alicyclic amines) is 1. The van der Waals surface area contributed by atoms with Crippen LogP contribution in [0.2, 0.25) is 0 Å². The summed E-state index contributed by atoms with van der Waals surface area (Å²) < 4.78 is 27.8. The highest BCUT2D eigenvalue weighted by atomic mass is 32.2. The van der Waals surface area contributed by atoms with E-state index in [9.17, 15) is 13.2 Å². The molecule has 0 saturated carbocycles. The summed E-state index contributed by atoms with van der Waals surface area (Å²) in [5.41, 5.74) is 0.662. The number of nitrogens with zero attached hydrogens (tertiary/aromatic N) is 4. The Balaban J connectivity index is 1.62. The first-order chi connectivity index (χ1) is 14.3. The van der Waals surface area contributed by atoms with Gasteiger partial charge in [-0.2, -0.15) is 4.31 Å². The summed E-state index contributed by atoms with van der Waals surface area (Å²) in [6.45, 7) is 10.0. The number of rotatable bonds is 7. The zero-order valence-electron chi connectivity index (χ0n) is 17.5. The summed E-state index contributed by atoms with van der Waals surface area (Å²) >= 11 is 1.46. The van der Waals surface area contributed by atoms with Crippen molar-refractivity contribution >= 4 is 39.1 Å². The zero-order valence-corrected chi connectivity index (χ0v) is 19.1. The Kier molecular flexibility index (Phi) is 7.56. The molecule has 8 nitrogen and oxygen atoms in total. The molecule has 1 N–H and O–H groups in total. The molecule has 164 valence electrons. The van der Waals surface area contributed by atoms with E-state index in [0.29, 0.717) is 23.8 Å². The van der Waals surface area contributed by atoms with Crippen LogP contribution in [0, 0.1) is 5.92 Å². The third-order valence-corrected chi connectivity index (χ3v) is 8.77. The Morgan fingerprint density at radius 2 is 2.20 bits per heavy atom. The molecule has 2 unspecified atom stereocenters. The summed E-state index contributed by atoms with van der Waals surface area (Å²) in [4.78, 5) is 22.7. The van der Waals surface area contributed by atoms with E-state index in [4.69, 9.17) is 0 Å². The lowest BCUT2D eigenvalue weighted by Gasteiger charge is -2.21. The van der Waals surface area contributed by atoms with Crippen molar-refractivity contribution in [2.45, 2.75) is 38.5 Å². The fraction of sp³-hybridized carbons (Fsp3) is 0.550. The highest BCUT2D eigenvalue weighted by Crippen LogP contribution is 2.35. The number of allylic oxidation sites excluding steroid dienone is 3. The maximum absolute atomic E-state index is 13.1. The molecule has 1 amide bonds. The Bertz CT molecular complexity index is 938. The molecule has 2 aliphatic heterocycles. The molecule has 0 aliphatic carbocycles. The molecule has 1 aromatic heterocycles. The van der Waals surface area contributed by atoms with Crippen LogP contribution in [-0.4, -0.2) is 66.7 Å². The minimum atomic E-state index is -3.35. The quantitative estimate of drug-likeness (QED) is 0.508. The van der Waals surface area contributed by atoms with Gasteiger partial charge in [0.1, 0.15) is 0 Å². The minimum Gasteiger partial charge on any atom is -0.302 e. The number of carbonyl (C=O) groups is 1. The van der Waals surface area contributed by atoms with Gasteiger partial charge in [0.2, 0.25) is 15.9 Å². The lowest BCUT2D eigenvalue weighted by molar-refractivity contribution is -0.114. The molecule has 2 saturated heterocycles. The van der Waals surface area contributed by atoms with Crippen LogP contribution in [0.15, 0.2) is 35.1 Å². The molecule has 2 atom stereocenters. The van der Waals surface area contributed by atoms with Gasteiger partial charge < -0.3 is 5.32 Å². The highest BCUT2D eigenvalue weighted by molar-refractivity contribution is 7.90. The maximum Gasteiger partial charge on any atom is 0.223 e. The molecule has 0 spiro atoms. The molecule has 3 heterocycles. The van der Waals surface area contributed by atoms with Crippen molar-refractivity contribution < 1.29 is 13.2 Å². The van der Waals surface area contributed by atoms with Gasteiger partial charge in [-0.25, -0.2) is 13.4 Å². The molecule has 1 aromatic rings. The lowest BCUT2D eigenvalue weighted by Crippen LogP contribution is -2.33. The largest absolute Gasteiger partial charge is 0.302 e. The molecular weight excluding hydrogens is 422 g/mol. The van der Waals surface area contributed by atoms with Crippen molar-refractivity contribution in [1.82, 2.24) is 14.2 Å². The van der Waals surface area contributed by atoms with Crippen LogP contribution >= 0.6 is 11.3 Å². The van der Waals surface area contributed by atoms with Gasteiger partial charge in [-0.15, -0.1) is 11.3 Å². The number of amides is 1. The van der Waals surface area contributed by atoms with Crippen LogP contribution in [0.5, 0.6) is 0 Å². The van der Waals surface area contributed by atoms with E-state index in [1.54, 1.807) is 10.5 Å². The Labute approximate surface area is 182 Å². The van der Waals surface area contributed by atoms with Gasteiger partial charge in [0, 0.05) is 31.1 Å². The number of sulfonamides is 1. The molecule has 0 bridgehead atoms. The minimum absolute atomic E-state index is 0.129. The van der Waals surface area contributed by atoms with Gasteiger partial charge >= 0.3 is 0 Å². The van der Waals surface area contributed by atoms with Crippen LogP contribution in [0.1, 0.15) is 31.6 Å². The lowest BCUT2D eigenvalue weighted by atomic mass is 10.0. The number of carbonyl (C=O) groups excluding carboxylic acids is 1. The summed E-state index contributed by atoms with van der Waals surface area (Å²) in [5.74, 6) is -0.00665. The van der Waals surface area contributed by atoms with Crippen molar-refractivity contribution in [3.63, 3.8) is 0 Å². The fourth-order valence-corrected chi connectivity index (χ4v) is 7.12. The van der Waals surface area contributed by atoms with E-state index in [0.717, 1.165) is 30.9 Å². The van der Waals surface area contributed by atoms with Gasteiger partial charge in [0.25, 0.3) is 0 Å². The molecule has 10 heteroatoms. The van der Waals surface area contributed by atoms with Crippen LogP contribution in [-0.2, 0) is 21.4 Å². The van der Waals surface area contributed by atoms with E-state index >= 15 is 0 Å². The first kappa shape index (κ1) is 22.8. The van der Waals surface area contributed by atoms with Crippen LogP contribution in [0.25, 0.3) is 0 Å². The van der Waals surface area contributed by atoms with Gasteiger partial charge in [-0.3, -0.25) is 14.7 Å². The van der Waals surface area contributed by atoms with Crippen LogP contribution in [0.4, 0.5) is 5.13 Å². The number of anilines is 1. The Hall–Kier alpha value is -1.88. The van der Waals surface area contributed by atoms with Gasteiger partial charge in [-0.1, -0.05) is 12.2 Å². The number of fused-ring (bicyclic) bond motifs is 1.